The third kappa shape index (κ3) is 3.74. The predicted molar refractivity (Wildman–Crippen MR) is 81.3 cm³/mol. The molecule has 104 valence electrons. The Labute approximate surface area is 130 Å². The molecule has 0 unspecified atom stereocenters. The second-order valence-electron chi connectivity index (χ2n) is 4.04. The first kappa shape index (κ1) is 14.9. The number of benzene rings is 2. The summed E-state index contributed by atoms with van der Waals surface area (Å²) >= 11 is 9.14. The average Bonchev–Trinajstić information content (AvgIpc) is 2.46. The fourth-order valence-electron chi connectivity index (χ4n) is 1.67. The first-order valence-corrected chi connectivity index (χ1v) is 7.02. The molecular formula is C15H12BrClO3. The summed E-state index contributed by atoms with van der Waals surface area (Å²) in [5.74, 6) is 0.300. The van der Waals surface area contributed by atoms with Crippen molar-refractivity contribution in [1.82, 2.24) is 0 Å². The number of carbonyl (C=O) groups is 1. The Balaban J connectivity index is 2.16. The molecule has 0 aromatic heterocycles. The van der Waals surface area contributed by atoms with Gasteiger partial charge in [0.05, 0.1) is 12.7 Å². The molecule has 0 N–H and O–H groups in total. The van der Waals surface area contributed by atoms with Crippen LogP contribution in [-0.2, 0) is 11.3 Å². The number of carbonyl (C=O) groups excluding carboxylic acids is 1. The van der Waals surface area contributed by atoms with Gasteiger partial charge >= 0.3 is 5.97 Å². The molecule has 0 spiro atoms. The molecule has 2 aromatic rings. The summed E-state index contributed by atoms with van der Waals surface area (Å²) in [5, 5.41) is 0.649. The fraction of sp³-hybridized carbons (Fsp3) is 0.133. The largest absolute Gasteiger partial charge is 0.489 e. The van der Waals surface area contributed by atoms with E-state index in [0.29, 0.717) is 16.3 Å². The van der Waals surface area contributed by atoms with Crippen LogP contribution in [0.15, 0.2) is 46.9 Å². The molecule has 0 atom stereocenters. The lowest BCUT2D eigenvalue weighted by molar-refractivity contribution is 0.0597. The highest BCUT2D eigenvalue weighted by molar-refractivity contribution is 9.10. The van der Waals surface area contributed by atoms with Crippen LogP contribution in [0.5, 0.6) is 5.75 Å². The van der Waals surface area contributed by atoms with Crippen molar-refractivity contribution in [2.45, 2.75) is 6.61 Å². The summed E-state index contributed by atoms with van der Waals surface area (Å²) in [6, 6.07) is 12.4. The highest BCUT2D eigenvalue weighted by Gasteiger charge is 2.12. The van der Waals surface area contributed by atoms with Crippen molar-refractivity contribution in [2.75, 3.05) is 7.11 Å². The van der Waals surface area contributed by atoms with Crippen molar-refractivity contribution < 1.29 is 14.3 Å². The molecule has 3 nitrogen and oxygen atoms in total. The van der Waals surface area contributed by atoms with Gasteiger partial charge in [0.25, 0.3) is 0 Å². The molecule has 0 fully saturated rings. The minimum Gasteiger partial charge on any atom is -0.489 e. The number of rotatable bonds is 4. The van der Waals surface area contributed by atoms with Crippen molar-refractivity contribution in [3.05, 3.63) is 63.1 Å². The minimum atomic E-state index is -0.388. The summed E-state index contributed by atoms with van der Waals surface area (Å²) in [7, 11) is 1.35. The van der Waals surface area contributed by atoms with Crippen LogP contribution in [0.1, 0.15) is 15.9 Å². The predicted octanol–water partition coefficient (Wildman–Crippen LogP) is 4.47. The number of ether oxygens (including phenoxy) is 2. The van der Waals surface area contributed by atoms with Gasteiger partial charge in [0.1, 0.15) is 12.4 Å². The Kier molecular flexibility index (Phi) is 5.04. The van der Waals surface area contributed by atoms with E-state index in [1.54, 1.807) is 30.3 Å². The second-order valence-corrected chi connectivity index (χ2v) is 5.39. The molecule has 0 amide bonds. The third-order valence-corrected chi connectivity index (χ3v) is 3.43. The van der Waals surface area contributed by atoms with Gasteiger partial charge in [-0.2, -0.15) is 0 Å². The molecule has 0 aliphatic carbocycles. The van der Waals surface area contributed by atoms with E-state index in [9.17, 15) is 4.79 Å². The minimum absolute atomic E-state index is 0.277. The molecule has 0 saturated heterocycles. The van der Waals surface area contributed by atoms with E-state index < -0.39 is 0 Å². The molecule has 2 rings (SSSR count). The first-order valence-electron chi connectivity index (χ1n) is 5.85. The second kappa shape index (κ2) is 6.77. The maximum atomic E-state index is 11.7. The summed E-state index contributed by atoms with van der Waals surface area (Å²) < 4.78 is 11.2. The smallest absolute Gasteiger partial charge is 0.338 e. The van der Waals surface area contributed by atoms with Crippen LogP contribution in [0.2, 0.25) is 5.02 Å². The molecule has 0 aliphatic rings. The van der Waals surface area contributed by atoms with E-state index in [2.05, 4.69) is 15.9 Å². The Morgan fingerprint density at radius 3 is 2.55 bits per heavy atom. The Bertz CT molecular complexity index is 611. The van der Waals surface area contributed by atoms with Crippen LogP contribution in [0.3, 0.4) is 0 Å². The normalized spacial score (nSPS) is 10.2. The van der Waals surface area contributed by atoms with E-state index in [-0.39, 0.29) is 12.6 Å². The van der Waals surface area contributed by atoms with Crippen LogP contribution >= 0.6 is 27.5 Å². The standard InChI is InChI=1S/C15H12BrClO3/c1-19-15(18)14-8-11(16)3-2-10(14)9-20-13-6-4-12(17)5-7-13/h2-8H,9H2,1H3. The molecule has 5 heteroatoms. The van der Waals surface area contributed by atoms with Gasteiger partial charge in [0.15, 0.2) is 0 Å². The van der Waals surface area contributed by atoms with Gasteiger partial charge in [-0.15, -0.1) is 0 Å². The number of hydrogen-bond donors (Lipinski definition) is 0. The third-order valence-electron chi connectivity index (χ3n) is 2.69. The van der Waals surface area contributed by atoms with Crippen molar-refractivity contribution in [1.29, 1.82) is 0 Å². The summed E-state index contributed by atoms with van der Waals surface area (Å²) in [4.78, 5) is 11.7. The molecule has 0 aliphatic heterocycles. The van der Waals surface area contributed by atoms with Crippen molar-refractivity contribution >= 4 is 33.5 Å². The highest BCUT2D eigenvalue weighted by Crippen LogP contribution is 2.21. The molecule has 0 saturated carbocycles. The van der Waals surface area contributed by atoms with Crippen LogP contribution in [0, 0.1) is 0 Å². The molecule has 0 bridgehead atoms. The van der Waals surface area contributed by atoms with E-state index in [4.69, 9.17) is 21.1 Å². The van der Waals surface area contributed by atoms with Crippen LogP contribution in [-0.4, -0.2) is 13.1 Å². The maximum absolute atomic E-state index is 11.7. The highest BCUT2D eigenvalue weighted by atomic mass is 79.9. The lowest BCUT2D eigenvalue weighted by Crippen LogP contribution is -2.08. The van der Waals surface area contributed by atoms with Gasteiger partial charge < -0.3 is 9.47 Å². The first-order chi connectivity index (χ1) is 9.60. The summed E-state index contributed by atoms with van der Waals surface area (Å²) in [5.41, 5.74) is 1.24. The zero-order chi connectivity index (χ0) is 14.5. The molecule has 20 heavy (non-hydrogen) atoms. The Morgan fingerprint density at radius 1 is 1.20 bits per heavy atom. The van der Waals surface area contributed by atoms with E-state index >= 15 is 0 Å². The fourth-order valence-corrected chi connectivity index (χ4v) is 2.15. The van der Waals surface area contributed by atoms with E-state index in [1.165, 1.54) is 7.11 Å². The van der Waals surface area contributed by atoms with Crippen molar-refractivity contribution in [3.63, 3.8) is 0 Å². The maximum Gasteiger partial charge on any atom is 0.338 e. The van der Waals surface area contributed by atoms with Gasteiger partial charge in [-0.05, 0) is 36.4 Å². The van der Waals surface area contributed by atoms with Crippen LogP contribution in [0.25, 0.3) is 0 Å². The quantitative estimate of drug-likeness (QED) is 0.759. The van der Waals surface area contributed by atoms with Gasteiger partial charge in [-0.25, -0.2) is 4.79 Å². The number of methoxy groups -OCH3 is 1. The summed E-state index contributed by atoms with van der Waals surface area (Å²) in [6.07, 6.45) is 0. The molecular weight excluding hydrogens is 344 g/mol. The number of halogens is 2. The van der Waals surface area contributed by atoms with Crippen molar-refractivity contribution in [3.8, 4) is 5.75 Å². The SMILES string of the molecule is COC(=O)c1cc(Br)ccc1COc1ccc(Cl)cc1. The summed E-state index contributed by atoms with van der Waals surface area (Å²) in [6.45, 7) is 0.277. The van der Waals surface area contributed by atoms with E-state index in [1.807, 2.05) is 12.1 Å². The average molecular weight is 356 g/mol. The Hall–Kier alpha value is -1.52. The monoisotopic (exact) mass is 354 g/mol. The van der Waals surface area contributed by atoms with E-state index in [0.717, 1.165) is 10.0 Å². The number of esters is 1. The van der Waals surface area contributed by atoms with Gasteiger partial charge in [-0.3, -0.25) is 0 Å². The topological polar surface area (TPSA) is 35.5 Å². The lowest BCUT2D eigenvalue weighted by atomic mass is 10.1. The molecule has 0 radical (unpaired) electrons. The zero-order valence-electron chi connectivity index (χ0n) is 10.7. The van der Waals surface area contributed by atoms with Crippen LogP contribution < -0.4 is 4.74 Å². The zero-order valence-corrected chi connectivity index (χ0v) is 13.1. The van der Waals surface area contributed by atoms with Gasteiger partial charge in [-0.1, -0.05) is 33.6 Å². The molecule has 2 aromatic carbocycles. The Morgan fingerprint density at radius 2 is 1.90 bits per heavy atom. The number of hydrogen-bond acceptors (Lipinski definition) is 3. The van der Waals surface area contributed by atoms with Gasteiger partial charge in [0.2, 0.25) is 0 Å². The molecule has 0 heterocycles. The van der Waals surface area contributed by atoms with Gasteiger partial charge in [0, 0.05) is 15.1 Å². The van der Waals surface area contributed by atoms with Crippen molar-refractivity contribution in [2.24, 2.45) is 0 Å². The lowest BCUT2D eigenvalue weighted by Gasteiger charge is -2.10. The van der Waals surface area contributed by atoms with Crippen LogP contribution in [0.4, 0.5) is 0 Å².